The topological polar surface area (TPSA) is 79.7 Å². The molecule has 0 radical (unpaired) electrons. The van der Waals surface area contributed by atoms with Crippen LogP contribution < -0.4 is 4.74 Å². The van der Waals surface area contributed by atoms with Gasteiger partial charge in [0.2, 0.25) is 5.91 Å². The molecule has 0 bridgehead atoms. The van der Waals surface area contributed by atoms with E-state index in [1.54, 1.807) is 19.2 Å². The lowest BCUT2D eigenvalue weighted by molar-refractivity contribution is -0.136. The molecule has 0 atom stereocenters. The summed E-state index contributed by atoms with van der Waals surface area (Å²) in [6, 6.07) is 15.3. The van der Waals surface area contributed by atoms with Gasteiger partial charge in [-0.15, -0.1) is 0 Å². The zero-order valence-corrected chi connectivity index (χ0v) is 17.8. The van der Waals surface area contributed by atoms with Crippen molar-refractivity contribution in [3.8, 4) is 16.9 Å². The largest absolute Gasteiger partial charge is 0.496 e. The molecule has 31 heavy (non-hydrogen) atoms. The molecule has 2 aromatic carbocycles. The smallest absolute Gasteiger partial charge is 0.307 e. The van der Waals surface area contributed by atoms with E-state index in [0.29, 0.717) is 24.4 Å². The Labute approximate surface area is 181 Å². The molecule has 1 aliphatic carbocycles. The Morgan fingerprint density at radius 1 is 1.13 bits per heavy atom. The maximum atomic E-state index is 12.8. The van der Waals surface area contributed by atoms with Crippen LogP contribution in [0.1, 0.15) is 31.0 Å². The van der Waals surface area contributed by atoms with Gasteiger partial charge < -0.3 is 14.7 Å². The fourth-order valence-corrected chi connectivity index (χ4v) is 3.87. The van der Waals surface area contributed by atoms with E-state index in [4.69, 9.17) is 9.72 Å². The normalized spacial score (nSPS) is 13.2. The molecule has 6 heteroatoms. The van der Waals surface area contributed by atoms with E-state index in [0.717, 1.165) is 40.6 Å². The molecule has 160 valence electrons. The van der Waals surface area contributed by atoms with E-state index >= 15 is 0 Å². The molecule has 0 saturated heterocycles. The molecule has 0 unspecified atom stereocenters. The van der Waals surface area contributed by atoms with Gasteiger partial charge in [0.25, 0.3) is 0 Å². The SMILES string of the molecule is CCN(Cc1nc2ccccc2cc1-c1cc(CC(=O)O)ccc1OC)C(=O)C1CC1. The van der Waals surface area contributed by atoms with Crippen LogP contribution in [0.4, 0.5) is 0 Å². The van der Waals surface area contributed by atoms with Crippen LogP contribution in [0, 0.1) is 5.92 Å². The summed E-state index contributed by atoms with van der Waals surface area (Å²) in [6.07, 6.45) is 1.84. The summed E-state index contributed by atoms with van der Waals surface area (Å²) in [6.45, 7) is 2.99. The maximum absolute atomic E-state index is 12.8. The van der Waals surface area contributed by atoms with E-state index in [2.05, 4.69) is 6.07 Å². The molecule has 1 aliphatic rings. The molecule has 1 heterocycles. The first kappa shape index (κ1) is 20.8. The lowest BCUT2D eigenvalue weighted by Gasteiger charge is -2.23. The van der Waals surface area contributed by atoms with Crippen molar-refractivity contribution in [2.75, 3.05) is 13.7 Å². The van der Waals surface area contributed by atoms with Crippen molar-refractivity contribution >= 4 is 22.8 Å². The minimum atomic E-state index is -0.889. The van der Waals surface area contributed by atoms with Crippen molar-refractivity contribution in [1.29, 1.82) is 0 Å². The number of hydrogen-bond acceptors (Lipinski definition) is 4. The number of pyridine rings is 1. The molecule has 4 rings (SSSR count). The number of benzene rings is 2. The molecule has 3 aromatic rings. The molecule has 1 aromatic heterocycles. The average molecular weight is 418 g/mol. The Kier molecular flexibility index (Phi) is 5.89. The number of amides is 1. The number of nitrogens with zero attached hydrogens (tertiary/aromatic N) is 2. The Bertz CT molecular complexity index is 1140. The molecule has 1 N–H and O–H groups in total. The average Bonchev–Trinajstić information content (AvgIpc) is 3.61. The van der Waals surface area contributed by atoms with Gasteiger partial charge >= 0.3 is 5.97 Å². The van der Waals surface area contributed by atoms with E-state index < -0.39 is 5.97 Å². The van der Waals surface area contributed by atoms with Gasteiger partial charge in [-0.25, -0.2) is 0 Å². The number of hydrogen-bond donors (Lipinski definition) is 1. The van der Waals surface area contributed by atoms with Crippen LogP contribution in [-0.4, -0.2) is 40.5 Å². The van der Waals surface area contributed by atoms with Gasteiger partial charge in [0.05, 0.1) is 31.3 Å². The quantitative estimate of drug-likeness (QED) is 0.590. The van der Waals surface area contributed by atoms with Crippen LogP contribution in [0.2, 0.25) is 0 Å². The summed E-state index contributed by atoms with van der Waals surface area (Å²) in [5, 5.41) is 10.2. The molecular formula is C25H26N2O4. The molecule has 6 nitrogen and oxygen atoms in total. The number of para-hydroxylation sites is 1. The number of carbonyl (C=O) groups excluding carboxylic acids is 1. The zero-order chi connectivity index (χ0) is 22.0. The Morgan fingerprint density at radius 3 is 2.58 bits per heavy atom. The fourth-order valence-electron chi connectivity index (χ4n) is 3.87. The first-order valence-electron chi connectivity index (χ1n) is 10.6. The van der Waals surface area contributed by atoms with Crippen LogP contribution >= 0.6 is 0 Å². The number of fused-ring (bicyclic) bond motifs is 1. The predicted octanol–water partition coefficient (Wildman–Crippen LogP) is 4.30. The van der Waals surface area contributed by atoms with Gasteiger partial charge in [-0.3, -0.25) is 14.6 Å². The second-order valence-electron chi connectivity index (χ2n) is 7.91. The third-order valence-corrected chi connectivity index (χ3v) is 5.67. The number of ether oxygens (including phenoxy) is 1. The van der Waals surface area contributed by atoms with Crippen molar-refractivity contribution in [1.82, 2.24) is 9.88 Å². The monoisotopic (exact) mass is 418 g/mol. The van der Waals surface area contributed by atoms with Crippen LogP contribution in [0.15, 0.2) is 48.5 Å². The van der Waals surface area contributed by atoms with E-state index in [1.807, 2.05) is 42.2 Å². The van der Waals surface area contributed by atoms with Gasteiger partial charge in [0.1, 0.15) is 5.75 Å². The Morgan fingerprint density at radius 2 is 1.90 bits per heavy atom. The number of carbonyl (C=O) groups is 2. The van der Waals surface area contributed by atoms with Crippen molar-refractivity contribution in [2.24, 2.45) is 5.92 Å². The molecule has 1 fully saturated rings. The lowest BCUT2D eigenvalue weighted by Crippen LogP contribution is -2.32. The molecule has 0 aliphatic heterocycles. The number of aliphatic carboxylic acids is 1. The van der Waals surface area contributed by atoms with Crippen LogP contribution in [0.25, 0.3) is 22.0 Å². The maximum Gasteiger partial charge on any atom is 0.307 e. The number of carboxylic acid groups (broad SMARTS) is 1. The number of carboxylic acids is 1. The first-order chi connectivity index (χ1) is 15.0. The summed E-state index contributed by atoms with van der Waals surface area (Å²) in [4.78, 5) is 30.8. The Hall–Kier alpha value is -3.41. The molecular weight excluding hydrogens is 392 g/mol. The van der Waals surface area contributed by atoms with Gasteiger partial charge in [0, 0.05) is 29.0 Å². The number of methoxy groups -OCH3 is 1. The van der Waals surface area contributed by atoms with Crippen molar-refractivity contribution in [2.45, 2.75) is 32.7 Å². The minimum absolute atomic E-state index is 0.0748. The van der Waals surface area contributed by atoms with Crippen molar-refractivity contribution in [3.63, 3.8) is 0 Å². The highest BCUT2D eigenvalue weighted by molar-refractivity contribution is 5.87. The summed E-state index contributed by atoms with van der Waals surface area (Å²) < 4.78 is 5.60. The van der Waals surface area contributed by atoms with Crippen LogP contribution in [0.3, 0.4) is 0 Å². The minimum Gasteiger partial charge on any atom is -0.496 e. The van der Waals surface area contributed by atoms with Gasteiger partial charge in [-0.2, -0.15) is 0 Å². The van der Waals surface area contributed by atoms with E-state index in [-0.39, 0.29) is 18.2 Å². The van der Waals surface area contributed by atoms with Crippen molar-refractivity contribution in [3.05, 3.63) is 59.8 Å². The molecule has 0 spiro atoms. The summed E-state index contributed by atoms with van der Waals surface area (Å²) in [7, 11) is 1.60. The van der Waals surface area contributed by atoms with Gasteiger partial charge in [0.15, 0.2) is 0 Å². The second-order valence-corrected chi connectivity index (χ2v) is 7.91. The fraction of sp³-hybridized carbons (Fsp3) is 0.320. The van der Waals surface area contributed by atoms with Gasteiger partial charge in [-0.05, 0) is 49.6 Å². The third-order valence-electron chi connectivity index (χ3n) is 5.67. The van der Waals surface area contributed by atoms with Gasteiger partial charge in [-0.1, -0.05) is 24.3 Å². The lowest BCUT2D eigenvalue weighted by atomic mass is 9.97. The number of rotatable bonds is 8. The standard InChI is InChI=1S/C25H26N2O4/c1-3-27(25(30)17-9-10-17)15-22-19(14-18-6-4-5-7-21(18)26-22)20-12-16(13-24(28)29)8-11-23(20)31-2/h4-8,11-12,14,17H,3,9-10,13,15H2,1-2H3,(H,28,29). The highest BCUT2D eigenvalue weighted by atomic mass is 16.5. The highest BCUT2D eigenvalue weighted by Crippen LogP contribution is 2.36. The predicted molar refractivity (Wildman–Crippen MR) is 119 cm³/mol. The summed E-state index contributed by atoms with van der Waals surface area (Å²) in [5.74, 6) is 0.0662. The third kappa shape index (κ3) is 4.53. The second kappa shape index (κ2) is 8.76. The molecule has 1 saturated carbocycles. The molecule has 1 amide bonds. The van der Waals surface area contributed by atoms with E-state index in [1.165, 1.54) is 0 Å². The Balaban J connectivity index is 1.85. The van der Waals surface area contributed by atoms with E-state index in [9.17, 15) is 14.7 Å². The zero-order valence-electron chi connectivity index (χ0n) is 17.8. The summed E-state index contributed by atoms with van der Waals surface area (Å²) in [5.41, 5.74) is 3.95. The van der Waals surface area contributed by atoms with Crippen LogP contribution in [0.5, 0.6) is 5.75 Å². The summed E-state index contributed by atoms with van der Waals surface area (Å²) >= 11 is 0. The first-order valence-corrected chi connectivity index (χ1v) is 10.6. The highest BCUT2D eigenvalue weighted by Gasteiger charge is 2.33. The van der Waals surface area contributed by atoms with Crippen molar-refractivity contribution < 1.29 is 19.4 Å². The van der Waals surface area contributed by atoms with Crippen LogP contribution in [-0.2, 0) is 22.6 Å². The number of aromatic nitrogens is 1.